The molecule has 0 saturated carbocycles. The predicted molar refractivity (Wildman–Crippen MR) is 119 cm³/mol. The van der Waals surface area contributed by atoms with Gasteiger partial charge in [0.1, 0.15) is 0 Å². The van der Waals surface area contributed by atoms with E-state index in [9.17, 15) is 4.79 Å². The molecule has 0 aromatic heterocycles. The minimum absolute atomic E-state index is 0.0861. The molecular weight excluding hydrogens is 378 g/mol. The number of hydrogen-bond donors (Lipinski definition) is 1. The Morgan fingerprint density at radius 3 is 2.30 bits per heavy atom. The van der Waals surface area contributed by atoms with Crippen LogP contribution >= 0.6 is 0 Å². The minimum atomic E-state index is -0.126. The van der Waals surface area contributed by atoms with Crippen LogP contribution in [0.25, 0.3) is 0 Å². The molecule has 1 heterocycles. The SMILES string of the molecule is COc1cc(C)c(CN2CCN([C@H](C)C(=O)NCc3ccccc3)CC2)cc1OC. The first-order chi connectivity index (χ1) is 14.5. The van der Waals surface area contributed by atoms with Crippen molar-refractivity contribution in [1.82, 2.24) is 15.1 Å². The Balaban J connectivity index is 1.50. The Morgan fingerprint density at radius 2 is 1.67 bits per heavy atom. The van der Waals surface area contributed by atoms with Crippen molar-refractivity contribution in [1.29, 1.82) is 0 Å². The van der Waals surface area contributed by atoms with Gasteiger partial charge in [-0.05, 0) is 42.7 Å². The van der Waals surface area contributed by atoms with E-state index in [1.807, 2.05) is 43.3 Å². The van der Waals surface area contributed by atoms with Gasteiger partial charge in [0.15, 0.2) is 11.5 Å². The first-order valence-corrected chi connectivity index (χ1v) is 10.5. The van der Waals surface area contributed by atoms with Crippen molar-refractivity contribution in [2.45, 2.75) is 33.0 Å². The van der Waals surface area contributed by atoms with E-state index in [2.05, 4.69) is 28.1 Å². The van der Waals surface area contributed by atoms with Crippen molar-refractivity contribution >= 4 is 5.91 Å². The number of carbonyl (C=O) groups is 1. The molecule has 2 aromatic carbocycles. The summed E-state index contributed by atoms with van der Waals surface area (Å²) in [6.07, 6.45) is 0. The predicted octanol–water partition coefficient (Wildman–Crippen LogP) is 2.83. The summed E-state index contributed by atoms with van der Waals surface area (Å²) in [5.74, 6) is 1.61. The monoisotopic (exact) mass is 411 g/mol. The van der Waals surface area contributed by atoms with Gasteiger partial charge in [-0.15, -0.1) is 0 Å². The Kier molecular flexibility index (Phi) is 7.71. The lowest BCUT2D eigenvalue weighted by Gasteiger charge is -2.37. The Hall–Kier alpha value is -2.57. The summed E-state index contributed by atoms with van der Waals surface area (Å²) in [6, 6.07) is 14.0. The molecule has 1 aliphatic heterocycles. The zero-order chi connectivity index (χ0) is 21.5. The Labute approximate surface area is 179 Å². The molecule has 0 unspecified atom stereocenters. The summed E-state index contributed by atoms with van der Waals surface area (Å²) in [7, 11) is 3.33. The fourth-order valence-corrected chi connectivity index (χ4v) is 3.84. The van der Waals surface area contributed by atoms with E-state index in [1.54, 1.807) is 14.2 Å². The number of ether oxygens (including phenoxy) is 2. The van der Waals surface area contributed by atoms with Crippen LogP contribution in [-0.2, 0) is 17.9 Å². The summed E-state index contributed by atoms with van der Waals surface area (Å²) < 4.78 is 10.8. The maximum atomic E-state index is 12.6. The number of hydrogen-bond acceptors (Lipinski definition) is 5. The summed E-state index contributed by atoms with van der Waals surface area (Å²) in [6.45, 7) is 9.17. The molecule has 1 amide bonds. The molecule has 162 valence electrons. The van der Waals surface area contributed by atoms with E-state index in [0.29, 0.717) is 6.54 Å². The van der Waals surface area contributed by atoms with E-state index in [0.717, 1.165) is 49.8 Å². The van der Waals surface area contributed by atoms with E-state index >= 15 is 0 Å². The largest absolute Gasteiger partial charge is 0.493 e. The van der Waals surface area contributed by atoms with Gasteiger partial charge in [-0.3, -0.25) is 14.6 Å². The summed E-state index contributed by atoms with van der Waals surface area (Å²) >= 11 is 0. The lowest BCUT2D eigenvalue weighted by molar-refractivity contribution is -0.126. The molecule has 1 atom stereocenters. The molecule has 0 radical (unpaired) electrons. The second kappa shape index (κ2) is 10.5. The zero-order valence-electron chi connectivity index (χ0n) is 18.5. The standard InChI is InChI=1S/C24H33N3O3/c1-18-14-22(29-3)23(30-4)15-21(18)17-26-10-12-27(13-11-26)19(2)24(28)25-16-20-8-6-5-7-9-20/h5-9,14-15,19H,10-13,16-17H2,1-4H3,(H,25,28)/t19-/m1/s1. The van der Waals surface area contributed by atoms with Gasteiger partial charge < -0.3 is 14.8 Å². The van der Waals surface area contributed by atoms with Crippen LogP contribution in [0.3, 0.4) is 0 Å². The number of amides is 1. The highest BCUT2D eigenvalue weighted by Crippen LogP contribution is 2.31. The van der Waals surface area contributed by atoms with Crippen molar-refractivity contribution in [2.24, 2.45) is 0 Å². The fraction of sp³-hybridized carbons (Fsp3) is 0.458. The van der Waals surface area contributed by atoms with Crippen LogP contribution in [0.1, 0.15) is 23.6 Å². The molecular formula is C24H33N3O3. The minimum Gasteiger partial charge on any atom is -0.493 e. The van der Waals surface area contributed by atoms with Gasteiger partial charge in [-0.25, -0.2) is 0 Å². The third-order valence-corrected chi connectivity index (χ3v) is 5.88. The fourth-order valence-electron chi connectivity index (χ4n) is 3.84. The highest BCUT2D eigenvalue weighted by atomic mass is 16.5. The van der Waals surface area contributed by atoms with Gasteiger partial charge in [0.05, 0.1) is 20.3 Å². The average Bonchev–Trinajstić information content (AvgIpc) is 2.79. The molecule has 2 aromatic rings. The normalized spacial score (nSPS) is 16.1. The van der Waals surface area contributed by atoms with E-state index in [4.69, 9.17) is 9.47 Å². The molecule has 0 bridgehead atoms. The van der Waals surface area contributed by atoms with Crippen LogP contribution < -0.4 is 14.8 Å². The third-order valence-electron chi connectivity index (χ3n) is 5.88. The number of rotatable bonds is 8. The number of benzene rings is 2. The number of methoxy groups -OCH3 is 2. The van der Waals surface area contributed by atoms with Crippen molar-refractivity contribution in [2.75, 3.05) is 40.4 Å². The van der Waals surface area contributed by atoms with Crippen molar-refractivity contribution in [3.8, 4) is 11.5 Å². The van der Waals surface area contributed by atoms with E-state index in [1.165, 1.54) is 11.1 Å². The number of piperazine rings is 1. The first kappa shape index (κ1) is 22.1. The highest BCUT2D eigenvalue weighted by Gasteiger charge is 2.25. The summed E-state index contributed by atoms with van der Waals surface area (Å²) in [5.41, 5.74) is 3.56. The quantitative estimate of drug-likeness (QED) is 0.724. The van der Waals surface area contributed by atoms with Crippen molar-refractivity contribution < 1.29 is 14.3 Å². The Morgan fingerprint density at radius 1 is 1.03 bits per heavy atom. The van der Waals surface area contributed by atoms with Gasteiger partial charge in [0.25, 0.3) is 0 Å². The highest BCUT2D eigenvalue weighted by molar-refractivity contribution is 5.81. The lowest BCUT2D eigenvalue weighted by Crippen LogP contribution is -2.53. The van der Waals surface area contributed by atoms with Crippen LogP contribution in [-0.4, -0.2) is 62.1 Å². The average molecular weight is 412 g/mol. The summed E-state index contributed by atoms with van der Waals surface area (Å²) in [4.78, 5) is 17.3. The third kappa shape index (κ3) is 5.52. The van der Waals surface area contributed by atoms with Gasteiger partial charge in [0, 0.05) is 39.3 Å². The number of carbonyl (C=O) groups excluding carboxylic acids is 1. The molecule has 1 fully saturated rings. The zero-order valence-corrected chi connectivity index (χ0v) is 18.5. The smallest absolute Gasteiger partial charge is 0.237 e. The molecule has 6 heteroatoms. The molecule has 3 rings (SSSR count). The van der Waals surface area contributed by atoms with Gasteiger partial charge in [0.2, 0.25) is 5.91 Å². The topological polar surface area (TPSA) is 54.0 Å². The molecule has 6 nitrogen and oxygen atoms in total. The Bertz CT molecular complexity index is 833. The van der Waals surface area contributed by atoms with Gasteiger partial charge >= 0.3 is 0 Å². The number of aryl methyl sites for hydroxylation is 1. The molecule has 0 spiro atoms. The molecule has 1 aliphatic rings. The number of nitrogens with one attached hydrogen (secondary N) is 1. The van der Waals surface area contributed by atoms with Gasteiger partial charge in [-0.2, -0.15) is 0 Å². The summed E-state index contributed by atoms with van der Waals surface area (Å²) in [5, 5.41) is 3.06. The number of nitrogens with zero attached hydrogens (tertiary/aromatic N) is 2. The van der Waals surface area contributed by atoms with Crippen LogP contribution in [0.4, 0.5) is 0 Å². The van der Waals surface area contributed by atoms with Crippen LogP contribution in [0.15, 0.2) is 42.5 Å². The van der Waals surface area contributed by atoms with Crippen LogP contribution in [0.5, 0.6) is 11.5 Å². The van der Waals surface area contributed by atoms with Gasteiger partial charge in [-0.1, -0.05) is 30.3 Å². The first-order valence-electron chi connectivity index (χ1n) is 10.5. The molecule has 1 saturated heterocycles. The second-order valence-corrected chi connectivity index (χ2v) is 7.83. The molecule has 30 heavy (non-hydrogen) atoms. The van der Waals surface area contributed by atoms with Crippen molar-refractivity contribution in [3.05, 3.63) is 59.2 Å². The maximum Gasteiger partial charge on any atom is 0.237 e. The van der Waals surface area contributed by atoms with Crippen LogP contribution in [0.2, 0.25) is 0 Å². The van der Waals surface area contributed by atoms with Crippen molar-refractivity contribution in [3.63, 3.8) is 0 Å². The molecule has 1 N–H and O–H groups in total. The molecule has 0 aliphatic carbocycles. The lowest BCUT2D eigenvalue weighted by atomic mass is 10.1. The van der Waals surface area contributed by atoms with E-state index in [-0.39, 0.29) is 11.9 Å². The van der Waals surface area contributed by atoms with E-state index < -0.39 is 0 Å². The maximum absolute atomic E-state index is 12.6. The second-order valence-electron chi connectivity index (χ2n) is 7.83. The van der Waals surface area contributed by atoms with Crippen LogP contribution in [0, 0.1) is 6.92 Å².